The van der Waals surface area contributed by atoms with E-state index >= 15 is 0 Å². The largest absolute Gasteiger partial charge is 0.489 e. The number of ether oxygens (including phenoxy) is 1. The molecule has 152 valence electrons. The summed E-state index contributed by atoms with van der Waals surface area (Å²) in [7, 11) is 0. The molecule has 4 aromatic rings. The lowest BCUT2D eigenvalue weighted by Gasteiger charge is -2.24. The number of aromatic nitrogens is 1. The highest BCUT2D eigenvalue weighted by atomic mass is 16.5. The van der Waals surface area contributed by atoms with Gasteiger partial charge in [-0.2, -0.15) is 0 Å². The van der Waals surface area contributed by atoms with E-state index in [4.69, 9.17) is 4.74 Å². The maximum atomic E-state index is 11.9. The van der Waals surface area contributed by atoms with Gasteiger partial charge in [0.2, 0.25) is 0 Å². The molecule has 30 heavy (non-hydrogen) atoms. The van der Waals surface area contributed by atoms with Crippen molar-refractivity contribution in [3.8, 4) is 16.9 Å². The number of pyridine rings is 1. The fourth-order valence-corrected chi connectivity index (χ4v) is 3.86. The quantitative estimate of drug-likeness (QED) is 0.355. The van der Waals surface area contributed by atoms with E-state index in [0.29, 0.717) is 12.3 Å². The molecule has 0 aliphatic rings. The fourth-order valence-electron chi connectivity index (χ4n) is 3.86. The van der Waals surface area contributed by atoms with E-state index in [-0.39, 0.29) is 5.41 Å². The Hall–Kier alpha value is -3.33. The van der Waals surface area contributed by atoms with E-state index in [1.807, 2.05) is 47.0 Å². The SMILES string of the molecule is Cc1cccn2c(C=O)c(-c3ccc(OCc4ccccc4)c(C(C)(C)C)c3)cc12. The van der Waals surface area contributed by atoms with Crippen molar-refractivity contribution >= 4 is 11.8 Å². The van der Waals surface area contributed by atoms with Crippen molar-refractivity contribution in [1.82, 2.24) is 4.40 Å². The summed E-state index contributed by atoms with van der Waals surface area (Å²) in [6, 6.07) is 22.6. The number of benzene rings is 2. The summed E-state index contributed by atoms with van der Waals surface area (Å²) in [6.45, 7) is 9.14. The molecule has 0 bridgehead atoms. The normalized spacial score (nSPS) is 11.6. The topological polar surface area (TPSA) is 30.7 Å². The molecule has 3 nitrogen and oxygen atoms in total. The van der Waals surface area contributed by atoms with Gasteiger partial charge in [0.25, 0.3) is 0 Å². The summed E-state index contributed by atoms with van der Waals surface area (Å²) in [5, 5.41) is 0. The highest BCUT2D eigenvalue weighted by Gasteiger charge is 2.22. The van der Waals surface area contributed by atoms with Gasteiger partial charge in [-0.25, -0.2) is 0 Å². The number of carbonyl (C=O) groups excluding carboxylic acids is 1. The first-order valence-corrected chi connectivity index (χ1v) is 10.3. The smallest absolute Gasteiger partial charge is 0.167 e. The number of nitrogens with zero attached hydrogens (tertiary/aromatic N) is 1. The monoisotopic (exact) mass is 397 g/mol. The molecular weight excluding hydrogens is 370 g/mol. The summed E-state index contributed by atoms with van der Waals surface area (Å²) in [6.07, 6.45) is 2.88. The lowest BCUT2D eigenvalue weighted by atomic mass is 9.84. The van der Waals surface area contributed by atoms with Crippen molar-refractivity contribution in [2.24, 2.45) is 0 Å². The Labute approximate surface area is 177 Å². The molecule has 0 N–H and O–H groups in total. The maximum absolute atomic E-state index is 11.9. The number of fused-ring (bicyclic) bond motifs is 1. The van der Waals surface area contributed by atoms with Crippen LogP contribution in [-0.2, 0) is 12.0 Å². The molecule has 0 aliphatic heterocycles. The van der Waals surface area contributed by atoms with Crippen LogP contribution < -0.4 is 4.74 Å². The zero-order chi connectivity index (χ0) is 21.3. The fraction of sp³-hybridized carbons (Fsp3) is 0.222. The Kier molecular flexibility index (Phi) is 5.21. The molecule has 4 rings (SSSR count). The van der Waals surface area contributed by atoms with Crippen molar-refractivity contribution in [2.45, 2.75) is 39.7 Å². The van der Waals surface area contributed by atoms with Crippen LogP contribution in [0.4, 0.5) is 0 Å². The van der Waals surface area contributed by atoms with Crippen LogP contribution in [0.5, 0.6) is 5.75 Å². The summed E-state index contributed by atoms with van der Waals surface area (Å²) in [5.41, 5.74) is 7.00. The van der Waals surface area contributed by atoms with Gasteiger partial charge in [-0.15, -0.1) is 0 Å². The zero-order valence-corrected chi connectivity index (χ0v) is 18.0. The first-order chi connectivity index (χ1) is 14.4. The summed E-state index contributed by atoms with van der Waals surface area (Å²) in [5.74, 6) is 0.878. The second-order valence-electron chi connectivity index (χ2n) is 8.74. The lowest BCUT2D eigenvalue weighted by molar-refractivity contribution is 0.111. The average molecular weight is 398 g/mol. The summed E-state index contributed by atoms with van der Waals surface area (Å²) < 4.78 is 8.17. The van der Waals surface area contributed by atoms with Crippen LogP contribution >= 0.6 is 0 Å². The number of hydrogen-bond donors (Lipinski definition) is 0. The number of aldehydes is 1. The Morgan fingerprint density at radius 1 is 0.967 bits per heavy atom. The Morgan fingerprint density at radius 3 is 2.43 bits per heavy atom. The summed E-state index contributed by atoms with van der Waals surface area (Å²) >= 11 is 0. The van der Waals surface area contributed by atoms with Gasteiger partial charge in [-0.3, -0.25) is 4.79 Å². The third-order valence-corrected chi connectivity index (χ3v) is 5.51. The molecule has 0 spiro atoms. The van der Waals surface area contributed by atoms with Gasteiger partial charge in [0.1, 0.15) is 12.4 Å². The van der Waals surface area contributed by atoms with Gasteiger partial charge in [0.05, 0.1) is 5.69 Å². The van der Waals surface area contributed by atoms with Crippen LogP contribution in [0.2, 0.25) is 0 Å². The van der Waals surface area contributed by atoms with E-state index in [1.54, 1.807) is 0 Å². The molecule has 2 aromatic carbocycles. The second-order valence-corrected chi connectivity index (χ2v) is 8.74. The predicted molar refractivity (Wildman–Crippen MR) is 122 cm³/mol. The van der Waals surface area contributed by atoms with Crippen molar-refractivity contribution in [3.63, 3.8) is 0 Å². The van der Waals surface area contributed by atoms with E-state index < -0.39 is 0 Å². The minimum atomic E-state index is -0.0988. The van der Waals surface area contributed by atoms with Gasteiger partial charge in [-0.1, -0.05) is 63.2 Å². The number of hydrogen-bond acceptors (Lipinski definition) is 2. The van der Waals surface area contributed by atoms with Gasteiger partial charge in [0, 0.05) is 22.8 Å². The number of rotatable bonds is 5. The molecule has 0 aliphatic carbocycles. The Balaban J connectivity index is 1.78. The molecule has 0 radical (unpaired) electrons. The van der Waals surface area contributed by atoms with Crippen LogP contribution in [0.25, 0.3) is 16.6 Å². The van der Waals surface area contributed by atoms with Crippen molar-refractivity contribution < 1.29 is 9.53 Å². The predicted octanol–water partition coefficient (Wildman–Crippen LogP) is 6.60. The molecule has 3 heteroatoms. The number of carbonyl (C=O) groups is 1. The van der Waals surface area contributed by atoms with Crippen molar-refractivity contribution in [3.05, 3.63) is 95.3 Å². The first kappa shape index (κ1) is 20.0. The lowest BCUT2D eigenvalue weighted by Crippen LogP contribution is -2.13. The molecule has 2 heterocycles. The second kappa shape index (κ2) is 7.83. The minimum absolute atomic E-state index is 0.0988. The minimum Gasteiger partial charge on any atom is -0.489 e. The standard InChI is InChI=1S/C27H27NO2/c1-19-9-8-14-28-24(19)16-22(25(28)17-29)21-12-13-26(23(15-21)27(2,3)4)30-18-20-10-6-5-7-11-20/h5-17H,18H2,1-4H3. The highest BCUT2D eigenvalue weighted by Crippen LogP contribution is 2.37. The molecular formula is C27H27NO2. The first-order valence-electron chi connectivity index (χ1n) is 10.3. The van der Waals surface area contributed by atoms with Crippen LogP contribution in [-0.4, -0.2) is 10.7 Å². The molecule has 0 unspecified atom stereocenters. The van der Waals surface area contributed by atoms with Gasteiger partial charge < -0.3 is 9.14 Å². The third kappa shape index (κ3) is 3.76. The van der Waals surface area contributed by atoms with Crippen LogP contribution in [0.3, 0.4) is 0 Å². The summed E-state index contributed by atoms with van der Waals surface area (Å²) in [4.78, 5) is 11.9. The molecule has 0 saturated carbocycles. The maximum Gasteiger partial charge on any atom is 0.167 e. The van der Waals surface area contributed by atoms with E-state index in [0.717, 1.165) is 45.4 Å². The van der Waals surface area contributed by atoms with Crippen LogP contribution in [0.1, 0.15) is 48.0 Å². The van der Waals surface area contributed by atoms with E-state index in [2.05, 4.69) is 58.0 Å². The van der Waals surface area contributed by atoms with Crippen molar-refractivity contribution in [2.75, 3.05) is 0 Å². The zero-order valence-electron chi connectivity index (χ0n) is 18.0. The molecule has 0 saturated heterocycles. The molecule has 0 fully saturated rings. The van der Waals surface area contributed by atoms with Gasteiger partial charge >= 0.3 is 0 Å². The van der Waals surface area contributed by atoms with E-state index in [1.165, 1.54) is 0 Å². The number of aryl methyl sites for hydroxylation is 1. The highest BCUT2D eigenvalue weighted by molar-refractivity contribution is 5.90. The van der Waals surface area contributed by atoms with Crippen LogP contribution in [0.15, 0.2) is 72.9 Å². The van der Waals surface area contributed by atoms with Gasteiger partial charge in [-0.05, 0) is 53.3 Å². The van der Waals surface area contributed by atoms with Gasteiger partial charge in [0.15, 0.2) is 6.29 Å². The third-order valence-electron chi connectivity index (χ3n) is 5.51. The molecule has 2 aromatic heterocycles. The average Bonchev–Trinajstić information content (AvgIpc) is 3.12. The molecule has 0 amide bonds. The molecule has 0 atom stereocenters. The van der Waals surface area contributed by atoms with Crippen LogP contribution in [0, 0.1) is 6.92 Å². The van der Waals surface area contributed by atoms with E-state index in [9.17, 15) is 4.79 Å². The Morgan fingerprint density at radius 2 is 1.73 bits per heavy atom. The van der Waals surface area contributed by atoms with Crippen molar-refractivity contribution in [1.29, 1.82) is 0 Å². The Bertz CT molecular complexity index is 1200.